The van der Waals surface area contributed by atoms with Gasteiger partial charge in [-0.25, -0.2) is 0 Å². The van der Waals surface area contributed by atoms with Crippen molar-refractivity contribution in [2.75, 3.05) is 0 Å². The molecule has 152 valence electrons. The molecule has 2 amide bonds. The standard InChI is InChI=1S/C23H18BrClN2O2S/c1-14-11-17(15(2)27(14)20-6-4-3-5-19(20)24)12-21-22(28)26(23(29)30-21)13-16-7-9-18(25)10-8-16/h3-12H,13H2,1-2H3/b21-12+. The summed E-state index contributed by atoms with van der Waals surface area (Å²) in [6, 6.07) is 17.2. The molecule has 1 aromatic heterocycles. The van der Waals surface area contributed by atoms with Crippen LogP contribution in [-0.4, -0.2) is 20.6 Å². The number of thioether (sulfide) groups is 1. The van der Waals surface area contributed by atoms with E-state index in [-0.39, 0.29) is 17.7 Å². The van der Waals surface area contributed by atoms with Gasteiger partial charge in [0.25, 0.3) is 11.1 Å². The predicted molar refractivity (Wildman–Crippen MR) is 126 cm³/mol. The summed E-state index contributed by atoms with van der Waals surface area (Å²) in [6.45, 7) is 4.27. The molecule has 0 spiro atoms. The Hall–Kier alpha value is -2.28. The number of benzene rings is 2. The third-order valence-corrected chi connectivity index (χ3v) is 6.81. The number of aromatic nitrogens is 1. The maximum atomic E-state index is 12.9. The number of nitrogens with zero attached hydrogens (tertiary/aromatic N) is 2. The smallest absolute Gasteiger partial charge is 0.293 e. The number of aryl methyl sites for hydroxylation is 1. The second kappa shape index (κ2) is 8.46. The predicted octanol–water partition coefficient (Wildman–Crippen LogP) is 6.75. The highest BCUT2D eigenvalue weighted by Gasteiger charge is 2.35. The van der Waals surface area contributed by atoms with Crippen LogP contribution < -0.4 is 0 Å². The maximum absolute atomic E-state index is 12.9. The summed E-state index contributed by atoms with van der Waals surface area (Å²) in [7, 11) is 0. The summed E-state index contributed by atoms with van der Waals surface area (Å²) < 4.78 is 3.12. The first-order chi connectivity index (χ1) is 14.3. The van der Waals surface area contributed by atoms with E-state index in [1.54, 1.807) is 12.1 Å². The Balaban J connectivity index is 1.63. The van der Waals surface area contributed by atoms with Gasteiger partial charge in [0.05, 0.1) is 17.1 Å². The molecule has 0 aliphatic carbocycles. The maximum Gasteiger partial charge on any atom is 0.293 e. The average molecular weight is 502 g/mol. The van der Waals surface area contributed by atoms with E-state index in [1.165, 1.54) is 4.90 Å². The molecule has 0 bridgehead atoms. The van der Waals surface area contributed by atoms with Gasteiger partial charge in [-0.3, -0.25) is 14.5 Å². The van der Waals surface area contributed by atoms with E-state index >= 15 is 0 Å². The molecule has 0 radical (unpaired) electrons. The van der Waals surface area contributed by atoms with Crippen molar-refractivity contribution in [1.29, 1.82) is 0 Å². The molecule has 0 saturated carbocycles. The van der Waals surface area contributed by atoms with Gasteiger partial charge in [-0.2, -0.15) is 0 Å². The molecule has 4 rings (SSSR count). The zero-order chi connectivity index (χ0) is 21.4. The molecule has 30 heavy (non-hydrogen) atoms. The van der Waals surface area contributed by atoms with Gasteiger partial charge in [0.15, 0.2) is 0 Å². The zero-order valence-electron chi connectivity index (χ0n) is 16.4. The SMILES string of the molecule is Cc1cc(/C=C2/SC(=O)N(Cc3ccc(Cl)cc3)C2=O)c(C)n1-c1ccccc1Br. The van der Waals surface area contributed by atoms with Crippen molar-refractivity contribution in [1.82, 2.24) is 9.47 Å². The fourth-order valence-corrected chi connectivity index (χ4v) is 4.90. The lowest BCUT2D eigenvalue weighted by Crippen LogP contribution is -2.27. The number of hydrogen-bond donors (Lipinski definition) is 0. The molecule has 3 aromatic rings. The summed E-state index contributed by atoms with van der Waals surface area (Å²) in [5.74, 6) is -0.273. The average Bonchev–Trinajstić information content (AvgIpc) is 3.14. The number of imide groups is 1. The summed E-state index contributed by atoms with van der Waals surface area (Å²) in [6.07, 6.45) is 1.81. The quantitative estimate of drug-likeness (QED) is 0.372. The number of hydrogen-bond acceptors (Lipinski definition) is 3. The van der Waals surface area contributed by atoms with E-state index in [4.69, 9.17) is 11.6 Å². The molecule has 1 fully saturated rings. The molecule has 2 aromatic carbocycles. The van der Waals surface area contributed by atoms with Crippen LogP contribution in [0.1, 0.15) is 22.5 Å². The van der Waals surface area contributed by atoms with Crippen molar-refractivity contribution in [3.63, 3.8) is 0 Å². The molecular weight excluding hydrogens is 484 g/mol. The van der Waals surface area contributed by atoms with Crippen molar-refractivity contribution in [3.8, 4) is 5.69 Å². The number of halogens is 2. The van der Waals surface area contributed by atoms with E-state index in [9.17, 15) is 9.59 Å². The molecule has 0 atom stereocenters. The minimum atomic E-state index is -0.273. The minimum absolute atomic E-state index is 0.231. The third-order valence-electron chi connectivity index (χ3n) is 4.98. The highest BCUT2D eigenvalue weighted by molar-refractivity contribution is 9.10. The highest BCUT2D eigenvalue weighted by Crippen LogP contribution is 2.35. The van der Waals surface area contributed by atoms with Crippen LogP contribution in [0.3, 0.4) is 0 Å². The topological polar surface area (TPSA) is 42.3 Å². The normalized spacial score (nSPS) is 15.5. The Kier molecular flexibility index (Phi) is 5.91. The molecule has 2 heterocycles. The van der Waals surface area contributed by atoms with Crippen LogP contribution in [0.2, 0.25) is 5.02 Å². The van der Waals surface area contributed by atoms with Crippen LogP contribution in [0.15, 0.2) is 64.0 Å². The van der Waals surface area contributed by atoms with Crippen molar-refractivity contribution < 1.29 is 9.59 Å². The van der Waals surface area contributed by atoms with Gasteiger partial charge in [-0.15, -0.1) is 0 Å². The molecule has 0 unspecified atom stereocenters. The number of amides is 2. The second-order valence-corrected chi connectivity index (χ2v) is 9.29. The van der Waals surface area contributed by atoms with Crippen LogP contribution in [0.5, 0.6) is 0 Å². The van der Waals surface area contributed by atoms with Crippen LogP contribution in [0, 0.1) is 13.8 Å². The molecular formula is C23H18BrClN2O2S. The van der Waals surface area contributed by atoms with Gasteiger partial charge >= 0.3 is 0 Å². The number of rotatable bonds is 4. The Morgan fingerprint density at radius 3 is 2.47 bits per heavy atom. The first-order valence-corrected chi connectivity index (χ1v) is 11.3. The summed E-state index contributed by atoms with van der Waals surface area (Å²) in [5, 5.41) is 0.356. The highest BCUT2D eigenvalue weighted by atomic mass is 79.9. The Labute approximate surface area is 192 Å². The van der Waals surface area contributed by atoms with E-state index in [1.807, 2.05) is 62.4 Å². The van der Waals surface area contributed by atoms with E-state index in [2.05, 4.69) is 20.5 Å². The lowest BCUT2D eigenvalue weighted by atomic mass is 10.2. The van der Waals surface area contributed by atoms with Gasteiger partial charge in [0, 0.05) is 20.9 Å². The third kappa shape index (κ3) is 4.00. The van der Waals surface area contributed by atoms with Crippen LogP contribution in [0.25, 0.3) is 11.8 Å². The van der Waals surface area contributed by atoms with Crippen molar-refractivity contribution in [2.24, 2.45) is 0 Å². The molecule has 7 heteroatoms. The van der Waals surface area contributed by atoms with E-state index in [0.717, 1.165) is 44.4 Å². The van der Waals surface area contributed by atoms with Gasteiger partial charge < -0.3 is 4.57 Å². The Morgan fingerprint density at radius 1 is 1.07 bits per heavy atom. The summed E-state index contributed by atoms with van der Waals surface area (Å²) in [4.78, 5) is 27.1. The molecule has 1 saturated heterocycles. The summed E-state index contributed by atoms with van der Waals surface area (Å²) >= 11 is 10.5. The fourth-order valence-electron chi connectivity index (χ4n) is 3.49. The summed E-state index contributed by atoms with van der Waals surface area (Å²) in [5.41, 5.74) is 4.85. The zero-order valence-corrected chi connectivity index (χ0v) is 19.5. The molecule has 0 N–H and O–H groups in total. The lowest BCUT2D eigenvalue weighted by Gasteiger charge is -2.12. The molecule has 1 aliphatic heterocycles. The second-order valence-electron chi connectivity index (χ2n) is 7.01. The fraction of sp³-hybridized carbons (Fsp3) is 0.130. The number of carbonyl (C=O) groups excluding carboxylic acids is 2. The van der Waals surface area contributed by atoms with Crippen molar-refractivity contribution in [3.05, 3.63) is 91.5 Å². The van der Waals surface area contributed by atoms with E-state index in [0.29, 0.717) is 9.93 Å². The first kappa shape index (κ1) is 21.0. The first-order valence-electron chi connectivity index (χ1n) is 9.29. The van der Waals surface area contributed by atoms with Gasteiger partial charge in [0.2, 0.25) is 0 Å². The molecule has 4 nitrogen and oxygen atoms in total. The number of carbonyl (C=O) groups is 2. The Morgan fingerprint density at radius 2 is 1.77 bits per heavy atom. The Bertz CT molecular complexity index is 1180. The molecule has 1 aliphatic rings. The van der Waals surface area contributed by atoms with E-state index < -0.39 is 0 Å². The van der Waals surface area contributed by atoms with Crippen molar-refractivity contribution in [2.45, 2.75) is 20.4 Å². The van der Waals surface area contributed by atoms with Crippen molar-refractivity contribution >= 4 is 56.5 Å². The van der Waals surface area contributed by atoms with Crippen LogP contribution >= 0.6 is 39.3 Å². The largest absolute Gasteiger partial charge is 0.317 e. The monoisotopic (exact) mass is 500 g/mol. The number of para-hydroxylation sites is 1. The van der Waals surface area contributed by atoms with Gasteiger partial charge in [-0.05, 0) is 89.1 Å². The van der Waals surface area contributed by atoms with Gasteiger partial charge in [-0.1, -0.05) is 35.9 Å². The van der Waals surface area contributed by atoms with Crippen LogP contribution in [-0.2, 0) is 11.3 Å². The van der Waals surface area contributed by atoms with Crippen LogP contribution in [0.4, 0.5) is 4.79 Å². The minimum Gasteiger partial charge on any atom is -0.317 e. The lowest BCUT2D eigenvalue weighted by molar-refractivity contribution is -0.123. The van der Waals surface area contributed by atoms with Gasteiger partial charge in [0.1, 0.15) is 0 Å².